The van der Waals surface area contributed by atoms with E-state index in [1.54, 1.807) is 0 Å². The second-order valence-electron chi connectivity index (χ2n) is 3.02. The van der Waals surface area contributed by atoms with Crippen molar-refractivity contribution in [3.63, 3.8) is 0 Å². The molecule has 1 fully saturated rings. The Kier molecular flexibility index (Phi) is 0.718. The standard InChI is InChI=1S/C5H11B/c1-5(6)3-2-4-5/h2-4,6H2,1H3. The topological polar surface area (TPSA) is 0 Å². The van der Waals surface area contributed by atoms with Crippen LogP contribution < -0.4 is 0 Å². The van der Waals surface area contributed by atoms with E-state index in [0.29, 0.717) is 0 Å². The Balaban J connectivity index is 2.31. The fourth-order valence-corrected chi connectivity index (χ4v) is 0.884. The molecule has 0 saturated heterocycles. The smallest absolute Gasteiger partial charge is 0.0669 e. The van der Waals surface area contributed by atoms with Gasteiger partial charge in [-0.05, 0) is 0 Å². The van der Waals surface area contributed by atoms with Gasteiger partial charge in [-0.3, -0.25) is 0 Å². The molecule has 1 aliphatic rings. The van der Waals surface area contributed by atoms with E-state index in [9.17, 15) is 0 Å². The summed E-state index contributed by atoms with van der Waals surface area (Å²) in [6.45, 7) is 2.33. The minimum Gasteiger partial charge on any atom is -0.0669 e. The molecular formula is C5H11B. The van der Waals surface area contributed by atoms with Gasteiger partial charge < -0.3 is 0 Å². The summed E-state index contributed by atoms with van der Waals surface area (Å²) in [6.07, 6.45) is 4.37. The van der Waals surface area contributed by atoms with Crippen LogP contribution in [0, 0.1) is 0 Å². The molecule has 0 aromatic carbocycles. The number of hydrogen-bond acceptors (Lipinski definition) is 0. The molecule has 0 nitrogen and oxygen atoms in total. The largest absolute Gasteiger partial charge is 0.109 e. The van der Waals surface area contributed by atoms with E-state index >= 15 is 0 Å². The van der Waals surface area contributed by atoms with Gasteiger partial charge in [-0.1, -0.05) is 31.5 Å². The second kappa shape index (κ2) is 1.02. The quantitative estimate of drug-likeness (QED) is 0.382. The van der Waals surface area contributed by atoms with Gasteiger partial charge in [-0.25, -0.2) is 0 Å². The SMILES string of the molecule is BC1(C)CCC1. The van der Waals surface area contributed by atoms with Gasteiger partial charge in [0, 0.05) is 0 Å². The molecule has 0 aromatic rings. The van der Waals surface area contributed by atoms with Gasteiger partial charge in [-0.15, -0.1) is 0 Å². The number of rotatable bonds is 0. The summed E-state index contributed by atoms with van der Waals surface area (Å²) in [5, 5.41) is 0.722. The highest BCUT2D eigenvalue weighted by Crippen LogP contribution is 2.43. The molecular weight excluding hydrogens is 70.9 g/mol. The van der Waals surface area contributed by atoms with Crippen molar-refractivity contribution in [2.75, 3.05) is 0 Å². The van der Waals surface area contributed by atoms with E-state index in [-0.39, 0.29) is 0 Å². The third kappa shape index (κ3) is 0.587. The van der Waals surface area contributed by atoms with Gasteiger partial charge in [0.2, 0.25) is 0 Å². The fraction of sp³-hybridized carbons (Fsp3) is 1.00. The Morgan fingerprint density at radius 2 is 1.83 bits per heavy atom. The molecule has 0 N–H and O–H groups in total. The van der Waals surface area contributed by atoms with Crippen LogP contribution in [0.5, 0.6) is 0 Å². The summed E-state index contributed by atoms with van der Waals surface area (Å²) in [5.41, 5.74) is 0. The Hall–Kier alpha value is 0.0649. The highest BCUT2D eigenvalue weighted by atomic mass is 14.2. The molecule has 0 aliphatic heterocycles. The average Bonchev–Trinajstić information content (AvgIpc) is 1.32. The summed E-state index contributed by atoms with van der Waals surface area (Å²) >= 11 is 0. The zero-order chi connectivity index (χ0) is 4.62. The predicted octanol–water partition coefficient (Wildman–Crippen LogP) is 0.982. The van der Waals surface area contributed by atoms with Crippen LogP contribution in [0.1, 0.15) is 26.2 Å². The van der Waals surface area contributed by atoms with E-state index in [2.05, 4.69) is 14.8 Å². The zero-order valence-electron chi connectivity index (χ0n) is 4.62. The molecule has 0 amide bonds. The average molecular weight is 82.0 g/mol. The van der Waals surface area contributed by atoms with Crippen LogP contribution in [0.25, 0.3) is 0 Å². The lowest BCUT2D eigenvalue weighted by Crippen LogP contribution is -2.16. The minimum absolute atomic E-state index is 0.722. The van der Waals surface area contributed by atoms with Gasteiger partial charge >= 0.3 is 0 Å². The normalized spacial score (nSPS) is 28.8. The maximum Gasteiger partial charge on any atom is 0.109 e. The molecule has 0 heterocycles. The molecule has 1 heteroatoms. The van der Waals surface area contributed by atoms with Gasteiger partial charge in [0.05, 0.1) is 0 Å². The summed E-state index contributed by atoms with van der Waals surface area (Å²) in [4.78, 5) is 0. The van der Waals surface area contributed by atoms with E-state index in [1.165, 1.54) is 19.3 Å². The third-order valence-corrected chi connectivity index (χ3v) is 1.71. The zero-order valence-corrected chi connectivity index (χ0v) is 4.62. The first-order valence-electron chi connectivity index (χ1n) is 2.71. The third-order valence-electron chi connectivity index (χ3n) is 1.71. The first-order valence-corrected chi connectivity index (χ1v) is 2.71. The van der Waals surface area contributed by atoms with Crippen LogP contribution in [-0.2, 0) is 0 Å². The Morgan fingerprint density at radius 1 is 1.50 bits per heavy atom. The van der Waals surface area contributed by atoms with Gasteiger partial charge in [0.1, 0.15) is 7.85 Å². The molecule has 6 heavy (non-hydrogen) atoms. The van der Waals surface area contributed by atoms with Crippen LogP contribution in [0.2, 0.25) is 5.31 Å². The first kappa shape index (κ1) is 4.23. The molecule has 1 aliphatic carbocycles. The van der Waals surface area contributed by atoms with E-state index in [1.807, 2.05) is 0 Å². The number of hydrogen-bond donors (Lipinski definition) is 0. The van der Waals surface area contributed by atoms with E-state index in [4.69, 9.17) is 0 Å². The van der Waals surface area contributed by atoms with Crippen molar-refractivity contribution in [1.29, 1.82) is 0 Å². The second-order valence-corrected chi connectivity index (χ2v) is 3.02. The molecule has 0 spiro atoms. The minimum atomic E-state index is 0.722. The summed E-state index contributed by atoms with van der Waals surface area (Å²) in [6, 6.07) is 0. The lowest BCUT2D eigenvalue weighted by molar-refractivity contribution is 0.370. The van der Waals surface area contributed by atoms with Crippen LogP contribution >= 0.6 is 0 Å². The van der Waals surface area contributed by atoms with E-state index < -0.39 is 0 Å². The maximum atomic E-state index is 2.33. The van der Waals surface area contributed by atoms with Crippen LogP contribution in [0.3, 0.4) is 0 Å². The predicted molar refractivity (Wildman–Crippen MR) is 30.8 cm³/mol. The monoisotopic (exact) mass is 82.1 g/mol. The van der Waals surface area contributed by atoms with Crippen molar-refractivity contribution in [1.82, 2.24) is 0 Å². The summed E-state index contributed by atoms with van der Waals surface area (Å²) in [5.74, 6) is 0. The lowest BCUT2D eigenvalue weighted by atomic mass is 9.57. The molecule has 0 bridgehead atoms. The molecule has 0 unspecified atom stereocenters. The Morgan fingerprint density at radius 3 is 1.83 bits per heavy atom. The first-order chi connectivity index (χ1) is 2.71. The van der Waals surface area contributed by atoms with E-state index in [0.717, 1.165) is 5.31 Å². The Bertz CT molecular complexity index is 51.0. The van der Waals surface area contributed by atoms with Crippen LogP contribution in [0.4, 0.5) is 0 Å². The molecule has 1 rings (SSSR count). The molecule has 0 radical (unpaired) electrons. The van der Waals surface area contributed by atoms with Gasteiger partial charge in [-0.2, -0.15) is 0 Å². The molecule has 0 atom stereocenters. The van der Waals surface area contributed by atoms with Crippen LogP contribution in [-0.4, -0.2) is 7.85 Å². The van der Waals surface area contributed by atoms with Crippen molar-refractivity contribution in [3.05, 3.63) is 0 Å². The van der Waals surface area contributed by atoms with Crippen molar-refractivity contribution in [3.8, 4) is 0 Å². The molecule has 34 valence electrons. The molecule has 1 saturated carbocycles. The Labute approximate surface area is 40.3 Å². The molecule has 0 aromatic heterocycles. The van der Waals surface area contributed by atoms with Crippen LogP contribution in [0.15, 0.2) is 0 Å². The summed E-state index contributed by atoms with van der Waals surface area (Å²) < 4.78 is 0. The van der Waals surface area contributed by atoms with Crippen molar-refractivity contribution in [2.45, 2.75) is 31.5 Å². The van der Waals surface area contributed by atoms with Crippen molar-refractivity contribution < 1.29 is 0 Å². The lowest BCUT2D eigenvalue weighted by Gasteiger charge is -2.33. The fourth-order valence-electron chi connectivity index (χ4n) is 0.884. The summed E-state index contributed by atoms with van der Waals surface area (Å²) in [7, 11) is 2.33. The van der Waals surface area contributed by atoms with Crippen molar-refractivity contribution >= 4 is 7.85 Å². The highest BCUT2D eigenvalue weighted by Gasteiger charge is 2.24. The highest BCUT2D eigenvalue weighted by molar-refractivity contribution is 6.15. The van der Waals surface area contributed by atoms with Gasteiger partial charge in [0.15, 0.2) is 0 Å². The maximum absolute atomic E-state index is 2.33. The van der Waals surface area contributed by atoms with Crippen molar-refractivity contribution in [2.24, 2.45) is 0 Å². The van der Waals surface area contributed by atoms with Gasteiger partial charge in [0.25, 0.3) is 0 Å².